The van der Waals surface area contributed by atoms with Crippen LogP contribution in [0.4, 0.5) is 4.39 Å². The summed E-state index contributed by atoms with van der Waals surface area (Å²) in [5.74, 6) is -1.22. The van der Waals surface area contributed by atoms with Crippen molar-refractivity contribution in [2.45, 2.75) is 26.2 Å². The number of carboxylic acid groups (broad SMARTS) is 1. The number of hydrogen-bond acceptors (Lipinski definition) is 1. The molecule has 0 saturated carbocycles. The fourth-order valence-electron chi connectivity index (χ4n) is 1.39. The van der Waals surface area contributed by atoms with Gasteiger partial charge in [0, 0.05) is 11.4 Å². The van der Waals surface area contributed by atoms with Crippen molar-refractivity contribution in [1.82, 2.24) is 0 Å². The van der Waals surface area contributed by atoms with Gasteiger partial charge >= 0.3 is 5.97 Å². The molecule has 2 nitrogen and oxygen atoms in total. The van der Waals surface area contributed by atoms with E-state index in [4.69, 9.17) is 16.7 Å². The molecule has 0 unspecified atom stereocenters. The van der Waals surface area contributed by atoms with Crippen LogP contribution in [0.2, 0.25) is 5.02 Å². The van der Waals surface area contributed by atoms with Crippen molar-refractivity contribution in [3.8, 4) is 0 Å². The maximum atomic E-state index is 13.0. The molecule has 1 N–H and O–H groups in total. The number of aryl methyl sites for hydroxylation is 1. The van der Waals surface area contributed by atoms with Gasteiger partial charge in [-0.1, -0.05) is 11.6 Å². The lowest BCUT2D eigenvalue weighted by Crippen LogP contribution is -1.98. The maximum Gasteiger partial charge on any atom is 0.303 e. The Hall–Kier alpha value is -1.09. The molecule has 1 aromatic carbocycles. The Morgan fingerprint density at radius 2 is 2.20 bits per heavy atom. The lowest BCUT2D eigenvalue weighted by atomic mass is 10.0. The van der Waals surface area contributed by atoms with Crippen LogP contribution in [-0.2, 0) is 11.2 Å². The SMILES string of the molecule is Cc1c(Cl)cc(F)cc1CCCC(=O)O. The zero-order valence-corrected chi connectivity index (χ0v) is 9.14. The topological polar surface area (TPSA) is 37.3 Å². The predicted octanol–water partition coefficient (Wildman–Crippen LogP) is 3.19. The largest absolute Gasteiger partial charge is 0.481 e. The minimum absolute atomic E-state index is 0.0908. The molecule has 15 heavy (non-hydrogen) atoms. The van der Waals surface area contributed by atoms with E-state index in [0.29, 0.717) is 17.9 Å². The van der Waals surface area contributed by atoms with Crippen LogP contribution in [0, 0.1) is 12.7 Å². The van der Waals surface area contributed by atoms with Crippen molar-refractivity contribution in [3.63, 3.8) is 0 Å². The fourth-order valence-corrected chi connectivity index (χ4v) is 1.61. The number of aliphatic carboxylic acids is 1. The highest BCUT2D eigenvalue weighted by Crippen LogP contribution is 2.22. The van der Waals surface area contributed by atoms with Gasteiger partial charge in [0.1, 0.15) is 5.82 Å². The van der Waals surface area contributed by atoms with Crippen molar-refractivity contribution in [2.24, 2.45) is 0 Å². The zero-order valence-electron chi connectivity index (χ0n) is 8.39. The number of hydrogen-bond donors (Lipinski definition) is 1. The van der Waals surface area contributed by atoms with Crippen LogP contribution in [-0.4, -0.2) is 11.1 Å². The highest BCUT2D eigenvalue weighted by molar-refractivity contribution is 6.31. The maximum absolute atomic E-state index is 13.0. The van der Waals surface area contributed by atoms with Crippen LogP contribution < -0.4 is 0 Å². The molecule has 0 aliphatic heterocycles. The monoisotopic (exact) mass is 230 g/mol. The third-order valence-electron chi connectivity index (χ3n) is 2.25. The highest BCUT2D eigenvalue weighted by Gasteiger charge is 2.06. The summed E-state index contributed by atoms with van der Waals surface area (Å²) in [7, 11) is 0. The number of carboxylic acids is 1. The Bertz CT molecular complexity index is 377. The van der Waals surface area contributed by atoms with Gasteiger partial charge in [0.2, 0.25) is 0 Å². The van der Waals surface area contributed by atoms with E-state index in [1.807, 2.05) is 0 Å². The first kappa shape index (κ1) is 12.0. The summed E-state index contributed by atoms with van der Waals surface area (Å²) in [5, 5.41) is 8.86. The quantitative estimate of drug-likeness (QED) is 0.863. The van der Waals surface area contributed by atoms with Gasteiger partial charge < -0.3 is 5.11 Å². The first-order valence-corrected chi connectivity index (χ1v) is 5.05. The summed E-state index contributed by atoms with van der Waals surface area (Å²) in [6.07, 6.45) is 1.12. The molecule has 0 spiro atoms. The predicted molar refractivity (Wildman–Crippen MR) is 56.7 cm³/mol. The van der Waals surface area contributed by atoms with E-state index in [2.05, 4.69) is 0 Å². The van der Waals surface area contributed by atoms with E-state index in [1.165, 1.54) is 12.1 Å². The molecule has 0 aliphatic carbocycles. The molecule has 0 saturated heterocycles. The van der Waals surface area contributed by atoms with Crippen LogP contribution in [0.25, 0.3) is 0 Å². The van der Waals surface area contributed by atoms with Crippen LogP contribution in [0.5, 0.6) is 0 Å². The first-order valence-electron chi connectivity index (χ1n) is 4.67. The minimum atomic E-state index is -0.838. The second-order valence-electron chi connectivity index (χ2n) is 3.42. The van der Waals surface area contributed by atoms with E-state index in [1.54, 1.807) is 6.92 Å². The Balaban J connectivity index is 2.72. The third kappa shape index (κ3) is 3.51. The molecule has 82 valence electrons. The van der Waals surface area contributed by atoms with Crippen LogP contribution >= 0.6 is 11.6 Å². The van der Waals surface area contributed by atoms with E-state index >= 15 is 0 Å². The molecule has 0 heterocycles. The van der Waals surface area contributed by atoms with Crippen molar-refractivity contribution in [3.05, 3.63) is 34.1 Å². The van der Waals surface area contributed by atoms with E-state index in [9.17, 15) is 9.18 Å². The lowest BCUT2D eigenvalue weighted by Gasteiger charge is -2.07. The molecule has 0 amide bonds. The standard InChI is InChI=1S/C11H12ClFO2/c1-7-8(3-2-4-11(14)15)5-9(13)6-10(7)12/h5-6H,2-4H2,1H3,(H,14,15). The van der Waals surface area contributed by atoms with Gasteiger partial charge in [0.25, 0.3) is 0 Å². The average molecular weight is 231 g/mol. The summed E-state index contributed by atoms with van der Waals surface area (Å²) >= 11 is 5.80. The highest BCUT2D eigenvalue weighted by atomic mass is 35.5. The minimum Gasteiger partial charge on any atom is -0.481 e. The number of benzene rings is 1. The molecule has 0 radical (unpaired) electrons. The molecule has 0 aromatic heterocycles. The van der Waals surface area contributed by atoms with Gasteiger partial charge in [0.05, 0.1) is 0 Å². The van der Waals surface area contributed by atoms with Crippen LogP contribution in [0.15, 0.2) is 12.1 Å². The molecular formula is C11H12ClFO2. The number of halogens is 2. The average Bonchev–Trinajstić information content (AvgIpc) is 2.12. The normalized spacial score (nSPS) is 10.3. The Morgan fingerprint density at radius 1 is 1.53 bits per heavy atom. The fraction of sp³-hybridized carbons (Fsp3) is 0.364. The van der Waals surface area contributed by atoms with Crippen LogP contribution in [0.1, 0.15) is 24.0 Å². The summed E-state index contributed by atoms with van der Waals surface area (Å²) in [4.78, 5) is 10.3. The van der Waals surface area contributed by atoms with Gasteiger partial charge in [-0.15, -0.1) is 0 Å². The molecule has 0 fully saturated rings. The second-order valence-corrected chi connectivity index (χ2v) is 3.83. The Morgan fingerprint density at radius 3 is 2.80 bits per heavy atom. The molecular weight excluding hydrogens is 219 g/mol. The zero-order chi connectivity index (χ0) is 11.4. The third-order valence-corrected chi connectivity index (χ3v) is 2.65. The first-order chi connectivity index (χ1) is 7.00. The van der Waals surface area contributed by atoms with Crippen molar-refractivity contribution in [2.75, 3.05) is 0 Å². The summed E-state index contributed by atoms with van der Waals surface area (Å²) < 4.78 is 13.0. The van der Waals surface area contributed by atoms with Crippen molar-refractivity contribution in [1.29, 1.82) is 0 Å². The molecule has 0 aliphatic rings. The molecule has 4 heteroatoms. The van der Waals surface area contributed by atoms with E-state index in [0.717, 1.165) is 11.1 Å². The molecule has 1 rings (SSSR count). The summed E-state index contributed by atoms with van der Waals surface area (Å²) in [6, 6.07) is 2.67. The van der Waals surface area contributed by atoms with Crippen molar-refractivity contribution >= 4 is 17.6 Å². The van der Waals surface area contributed by atoms with Gasteiger partial charge in [-0.05, 0) is 43.0 Å². The van der Waals surface area contributed by atoms with Gasteiger partial charge in [-0.3, -0.25) is 4.79 Å². The molecule has 0 atom stereocenters. The smallest absolute Gasteiger partial charge is 0.303 e. The summed E-state index contributed by atoms with van der Waals surface area (Å²) in [6.45, 7) is 1.80. The van der Waals surface area contributed by atoms with Crippen LogP contribution in [0.3, 0.4) is 0 Å². The summed E-state index contributed by atoms with van der Waals surface area (Å²) in [5.41, 5.74) is 1.60. The number of rotatable bonds is 4. The molecule has 1 aromatic rings. The van der Waals surface area contributed by atoms with E-state index < -0.39 is 5.97 Å². The molecule has 0 bridgehead atoms. The second kappa shape index (κ2) is 5.12. The van der Waals surface area contributed by atoms with Gasteiger partial charge in [-0.2, -0.15) is 0 Å². The number of carbonyl (C=O) groups is 1. The Kier molecular flexibility index (Phi) is 4.09. The van der Waals surface area contributed by atoms with E-state index in [-0.39, 0.29) is 12.2 Å². The van der Waals surface area contributed by atoms with Gasteiger partial charge in [-0.25, -0.2) is 4.39 Å². The lowest BCUT2D eigenvalue weighted by molar-refractivity contribution is -0.137. The Labute approximate surface area is 92.7 Å². The van der Waals surface area contributed by atoms with Crippen molar-refractivity contribution < 1.29 is 14.3 Å². The van der Waals surface area contributed by atoms with Gasteiger partial charge in [0.15, 0.2) is 0 Å².